The predicted octanol–water partition coefficient (Wildman–Crippen LogP) is 6.04. The summed E-state index contributed by atoms with van der Waals surface area (Å²) >= 11 is 0. The highest BCUT2D eigenvalue weighted by atomic mass is 19.4. The first-order valence-corrected chi connectivity index (χ1v) is 9.63. The number of hydrogen-bond donors (Lipinski definition) is 3. The van der Waals surface area contributed by atoms with Gasteiger partial charge in [-0.1, -0.05) is 6.07 Å². The maximum atomic E-state index is 12.7. The van der Waals surface area contributed by atoms with Gasteiger partial charge in [0.15, 0.2) is 0 Å². The number of ether oxygens (including phenoxy) is 1. The van der Waals surface area contributed by atoms with Gasteiger partial charge in [0, 0.05) is 47.9 Å². The number of methoxy groups -OCH3 is 1. The topological polar surface area (TPSA) is 79.0 Å². The van der Waals surface area contributed by atoms with E-state index in [1.807, 2.05) is 24.3 Å². The van der Waals surface area contributed by atoms with Crippen LogP contribution in [0.15, 0.2) is 67.1 Å². The second kappa shape index (κ2) is 8.72. The lowest BCUT2D eigenvalue weighted by molar-refractivity contribution is -0.137. The van der Waals surface area contributed by atoms with Gasteiger partial charge in [0.05, 0.1) is 17.9 Å². The SMILES string of the molecule is COCc1cncc(-c2ccc3[nH]cc(NC(=O)Nc4ccc(C(F)(F)F)cc4)c3c2)c1. The van der Waals surface area contributed by atoms with E-state index in [9.17, 15) is 18.0 Å². The number of benzene rings is 2. The first kappa shape index (κ1) is 21.4. The number of aromatic nitrogens is 2. The third-order valence-corrected chi connectivity index (χ3v) is 4.84. The number of hydrogen-bond acceptors (Lipinski definition) is 3. The second-order valence-corrected chi connectivity index (χ2v) is 7.13. The van der Waals surface area contributed by atoms with Crippen LogP contribution in [0.4, 0.5) is 29.3 Å². The first-order valence-electron chi connectivity index (χ1n) is 9.63. The molecule has 2 aromatic carbocycles. The Morgan fingerprint density at radius 3 is 2.53 bits per heavy atom. The van der Waals surface area contributed by atoms with E-state index in [0.29, 0.717) is 12.3 Å². The van der Waals surface area contributed by atoms with Crippen LogP contribution in [0.25, 0.3) is 22.0 Å². The number of nitrogens with one attached hydrogen (secondary N) is 3. The molecule has 32 heavy (non-hydrogen) atoms. The molecular weight excluding hydrogens is 421 g/mol. The number of carbonyl (C=O) groups excluding carboxylic acids is 1. The molecule has 0 saturated carbocycles. The van der Waals surface area contributed by atoms with Crippen LogP contribution in [0.5, 0.6) is 0 Å². The molecule has 0 spiro atoms. The van der Waals surface area contributed by atoms with Crippen molar-refractivity contribution in [3.63, 3.8) is 0 Å². The smallest absolute Gasteiger partial charge is 0.380 e. The highest BCUT2D eigenvalue weighted by molar-refractivity contribution is 6.06. The summed E-state index contributed by atoms with van der Waals surface area (Å²) in [5.41, 5.74) is 3.57. The van der Waals surface area contributed by atoms with Crippen molar-refractivity contribution in [3.8, 4) is 11.1 Å². The number of nitrogens with zero attached hydrogens (tertiary/aromatic N) is 1. The van der Waals surface area contributed by atoms with Gasteiger partial charge in [-0.05, 0) is 53.6 Å². The lowest BCUT2D eigenvalue weighted by Gasteiger charge is -2.10. The molecule has 2 heterocycles. The van der Waals surface area contributed by atoms with E-state index in [1.165, 1.54) is 12.1 Å². The van der Waals surface area contributed by atoms with Gasteiger partial charge < -0.3 is 20.4 Å². The monoisotopic (exact) mass is 440 g/mol. The quantitative estimate of drug-likeness (QED) is 0.354. The van der Waals surface area contributed by atoms with E-state index in [-0.39, 0.29) is 5.69 Å². The number of aromatic amines is 1. The molecule has 9 heteroatoms. The molecule has 0 aliphatic carbocycles. The van der Waals surface area contributed by atoms with Gasteiger partial charge in [-0.2, -0.15) is 13.2 Å². The Morgan fingerprint density at radius 2 is 1.81 bits per heavy atom. The Morgan fingerprint density at radius 1 is 1.03 bits per heavy atom. The third kappa shape index (κ3) is 4.73. The van der Waals surface area contributed by atoms with Gasteiger partial charge in [0.2, 0.25) is 0 Å². The van der Waals surface area contributed by atoms with Gasteiger partial charge in [-0.25, -0.2) is 4.79 Å². The van der Waals surface area contributed by atoms with Crippen molar-refractivity contribution in [2.45, 2.75) is 12.8 Å². The second-order valence-electron chi connectivity index (χ2n) is 7.13. The molecule has 164 valence electrons. The number of amides is 2. The van der Waals surface area contributed by atoms with E-state index < -0.39 is 17.8 Å². The molecule has 2 aromatic heterocycles. The van der Waals surface area contributed by atoms with Crippen molar-refractivity contribution in [1.29, 1.82) is 0 Å². The third-order valence-electron chi connectivity index (χ3n) is 4.84. The number of rotatable bonds is 5. The van der Waals surface area contributed by atoms with Crippen LogP contribution in [-0.2, 0) is 17.5 Å². The Labute approximate surface area is 181 Å². The Hall–Kier alpha value is -3.85. The summed E-state index contributed by atoms with van der Waals surface area (Å²) in [7, 11) is 1.62. The number of halogens is 3. The zero-order chi connectivity index (χ0) is 22.7. The summed E-state index contributed by atoms with van der Waals surface area (Å²) in [5, 5.41) is 6.05. The first-order chi connectivity index (χ1) is 15.3. The number of urea groups is 1. The molecule has 0 unspecified atom stereocenters. The molecule has 0 fully saturated rings. The van der Waals surface area contributed by atoms with E-state index in [0.717, 1.165) is 39.7 Å². The van der Waals surface area contributed by atoms with Crippen LogP contribution >= 0.6 is 0 Å². The fraction of sp³-hybridized carbons (Fsp3) is 0.130. The fourth-order valence-corrected chi connectivity index (χ4v) is 3.32. The van der Waals surface area contributed by atoms with Crippen LogP contribution in [0.3, 0.4) is 0 Å². The summed E-state index contributed by atoms with van der Waals surface area (Å²) in [6.45, 7) is 0.449. The zero-order valence-electron chi connectivity index (χ0n) is 17.0. The number of carbonyl (C=O) groups is 1. The van der Waals surface area contributed by atoms with E-state index in [2.05, 4.69) is 20.6 Å². The van der Waals surface area contributed by atoms with Crippen molar-refractivity contribution in [3.05, 3.63) is 78.2 Å². The summed E-state index contributed by atoms with van der Waals surface area (Å²) in [6.07, 6.45) is 0.708. The molecule has 0 aliphatic rings. The highest BCUT2D eigenvalue weighted by Crippen LogP contribution is 2.31. The molecule has 0 radical (unpaired) electrons. The number of H-pyrrole nitrogens is 1. The number of pyridine rings is 1. The standard InChI is InChI=1S/C23H19F3N4O2/c1-32-13-14-8-16(11-27-10-14)15-2-7-20-19(9-15)21(12-28-20)30-22(31)29-18-5-3-17(4-6-18)23(24,25)26/h2-12,28H,13H2,1H3,(H2,29,30,31). The van der Waals surface area contributed by atoms with Crippen LogP contribution in [0.2, 0.25) is 0 Å². The minimum atomic E-state index is -4.43. The van der Waals surface area contributed by atoms with Crippen molar-refractivity contribution < 1.29 is 22.7 Å². The molecule has 0 atom stereocenters. The molecule has 4 aromatic rings. The molecule has 2 amide bonds. The molecule has 0 saturated heterocycles. The molecule has 6 nitrogen and oxygen atoms in total. The molecule has 0 bridgehead atoms. The average molecular weight is 440 g/mol. The zero-order valence-corrected chi connectivity index (χ0v) is 17.0. The lowest BCUT2D eigenvalue weighted by atomic mass is 10.0. The van der Waals surface area contributed by atoms with Crippen LogP contribution in [-0.4, -0.2) is 23.1 Å². The van der Waals surface area contributed by atoms with Crippen molar-refractivity contribution in [2.75, 3.05) is 17.7 Å². The van der Waals surface area contributed by atoms with Crippen molar-refractivity contribution >= 4 is 28.3 Å². The van der Waals surface area contributed by atoms with Crippen LogP contribution < -0.4 is 10.6 Å². The number of fused-ring (bicyclic) bond motifs is 1. The van der Waals surface area contributed by atoms with Crippen molar-refractivity contribution in [2.24, 2.45) is 0 Å². The minimum absolute atomic E-state index is 0.247. The average Bonchev–Trinajstić information content (AvgIpc) is 3.16. The maximum absolute atomic E-state index is 12.7. The van der Waals surface area contributed by atoms with E-state index in [4.69, 9.17) is 4.74 Å². The van der Waals surface area contributed by atoms with Crippen LogP contribution in [0.1, 0.15) is 11.1 Å². The highest BCUT2D eigenvalue weighted by Gasteiger charge is 2.30. The number of anilines is 2. The normalized spacial score (nSPS) is 11.5. The number of alkyl halides is 3. The lowest BCUT2D eigenvalue weighted by Crippen LogP contribution is -2.19. The molecule has 0 aliphatic heterocycles. The van der Waals surface area contributed by atoms with Gasteiger partial charge in [0.1, 0.15) is 0 Å². The molecule has 4 rings (SSSR count). The van der Waals surface area contributed by atoms with E-state index >= 15 is 0 Å². The summed E-state index contributed by atoms with van der Waals surface area (Å²) in [4.78, 5) is 19.7. The minimum Gasteiger partial charge on any atom is -0.380 e. The largest absolute Gasteiger partial charge is 0.416 e. The van der Waals surface area contributed by atoms with E-state index in [1.54, 1.807) is 25.7 Å². The summed E-state index contributed by atoms with van der Waals surface area (Å²) < 4.78 is 43.2. The molecule has 3 N–H and O–H groups in total. The Kier molecular flexibility index (Phi) is 5.83. The van der Waals surface area contributed by atoms with Gasteiger partial charge >= 0.3 is 12.2 Å². The van der Waals surface area contributed by atoms with Crippen molar-refractivity contribution in [1.82, 2.24) is 9.97 Å². The summed E-state index contributed by atoms with van der Waals surface area (Å²) in [6, 6.07) is 11.4. The Bertz CT molecular complexity index is 1250. The fourth-order valence-electron chi connectivity index (χ4n) is 3.32. The van der Waals surface area contributed by atoms with Gasteiger partial charge in [-0.15, -0.1) is 0 Å². The van der Waals surface area contributed by atoms with Gasteiger partial charge in [0.25, 0.3) is 0 Å². The molecular formula is C23H19F3N4O2. The van der Waals surface area contributed by atoms with Gasteiger partial charge in [-0.3, -0.25) is 4.98 Å². The van der Waals surface area contributed by atoms with Crippen LogP contribution in [0, 0.1) is 0 Å². The summed E-state index contributed by atoms with van der Waals surface area (Å²) in [5.74, 6) is 0. The maximum Gasteiger partial charge on any atom is 0.416 e. The predicted molar refractivity (Wildman–Crippen MR) is 116 cm³/mol. The Balaban J connectivity index is 1.52.